The molecule has 6 heteroatoms. The second kappa shape index (κ2) is 6.14. The molecule has 1 aromatic carbocycles. The number of amides is 1. The fraction of sp³-hybridized carbons (Fsp3) is 0.500. The SMILES string of the molecule is CC1CC(NC(=O)CCc2ccc(S(=O)(=O)Cl)cc2)C1. The van der Waals surface area contributed by atoms with Gasteiger partial charge in [0.05, 0.1) is 4.90 Å². The molecule has 0 heterocycles. The second-order valence-corrected chi connectivity index (χ2v) is 7.99. The monoisotopic (exact) mass is 315 g/mol. The smallest absolute Gasteiger partial charge is 0.261 e. The molecule has 0 unspecified atom stereocenters. The summed E-state index contributed by atoms with van der Waals surface area (Å²) in [6.45, 7) is 2.18. The normalized spacial score (nSPS) is 22.1. The molecular formula is C14H18ClNO3S. The van der Waals surface area contributed by atoms with E-state index in [1.54, 1.807) is 12.1 Å². The highest BCUT2D eigenvalue weighted by Crippen LogP contribution is 2.26. The van der Waals surface area contributed by atoms with E-state index in [0.717, 1.165) is 18.4 Å². The molecule has 1 aromatic rings. The molecule has 0 aliphatic heterocycles. The zero-order chi connectivity index (χ0) is 14.8. The molecule has 1 aliphatic carbocycles. The molecule has 4 nitrogen and oxygen atoms in total. The number of carbonyl (C=O) groups is 1. The van der Waals surface area contributed by atoms with E-state index in [2.05, 4.69) is 12.2 Å². The van der Waals surface area contributed by atoms with Gasteiger partial charge in [-0.15, -0.1) is 0 Å². The number of benzene rings is 1. The summed E-state index contributed by atoms with van der Waals surface area (Å²) in [6, 6.07) is 6.63. The largest absolute Gasteiger partial charge is 0.353 e. The van der Waals surface area contributed by atoms with E-state index >= 15 is 0 Å². The van der Waals surface area contributed by atoms with Crippen molar-refractivity contribution in [3.05, 3.63) is 29.8 Å². The van der Waals surface area contributed by atoms with Crippen LogP contribution in [0.2, 0.25) is 0 Å². The highest BCUT2D eigenvalue weighted by atomic mass is 35.7. The molecule has 0 aromatic heterocycles. The van der Waals surface area contributed by atoms with Crippen molar-refractivity contribution in [1.29, 1.82) is 0 Å². The van der Waals surface area contributed by atoms with E-state index in [1.165, 1.54) is 12.1 Å². The number of rotatable bonds is 5. The summed E-state index contributed by atoms with van der Waals surface area (Å²) in [5, 5.41) is 3.00. The molecule has 1 saturated carbocycles. The van der Waals surface area contributed by atoms with Gasteiger partial charge in [-0.1, -0.05) is 19.1 Å². The van der Waals surface area contributed by atoms with Crippen LogP contribution in [0.15, 0.2) is 29.2 Å². The maximum atomic E-state index is 11.7. The van der Waals surface area contributed by atoms with Crippen molar-refractivity contribution in [1.82, 2.24) is 5.32 Å². The van der Waals surface area contributed by atoms with Gasteiger partial charge in [0, 0.05) is 23.1 Å². The maximum absolute atomic E-state index is 11.7. The molecule has 1 amide bonds. The van der Waals surface area contributed by atoms with Crippen LogP contribution in [0.25, 0.3) is 0 Å². The first-order valence-corrected chi connectivity index (χ1v) is 8.98. The maximum Gasteiger partial charge on any atom is 0.261 e. The van der Waals surface area contributed by atoms with Crippen molar-refractivity contribution in [2.24, 2.45) is 5.92 Å². The Labute approximate surface area is 123 Å². The minimum Gasteiger partial charge on any atom is -0.353 e. The number of aryl methyl sites for hydroxylation is 1. The zero-order valence-corrected chi connectivity index (χ0v) is 12.9. The van der Waals surface area contributed by atoms with Gasteiger partial charge in [-0.2, -0.15) is 0 Å². The Balaban J connectivity index is 1.80. The first-order chi connectivity index (χ1) is 9.34. The number of hydrogen-bond acceptors (Lipinski definition) is 3. The summed E-state index contributed by atoms with van der Waals surface area (Å²) in [5.41, 5.74) is 0.922. The summed E-state index contributed by atoms with van der Waals surface area (Å²) >= 11 is 0. The summed E-state index contributed by atoms with van der Waals surface area (Å²) in [6.07, 6.45) is 3.14. The highest BCUT2D eigenvalue weighted by Gasteiger charge is 2.26. The van der Waals surface area contributed by atoms with E-state index in [0.29, 0.717) is 24.8 Å². The fourth-order valence-corrected chi connectivity index (χ4v) is 3.17. The molecule has 0 radical (unpaired) electrons. The molecule has 0 saturated heterocycles. The van der Waals surface area contributed by atoms with E-state index in [4.69, 9.17) is 10.7 Å². The average molecular weight is 316 g/mol. The van der Waals surface area contributed by atoms with Gasteiger partial charge in [0.15, 0.2) is 0 Å². The van der Waals surface area contributed by atoms with Crippen LogP contribution in [0, 0.1) is 5.92 Å². The minimum absolute atomic E-state index is 0.0518. The minimum atomic E-state index is -3.67. The molecular weight excluding hydrogens is 298 g/mol. The predicted molar refractivity (Wildman–Crippen MR) is 78.1 cm³/mol. The molecule has 1 N–H and O–H groups in total. The van der Waals surface area contributed by atoms with Crippen molar-refractivity contribution in [2.45, 2.75) is 43.5 Å². The average Bonchev–Trinajstić information content (AvgIpc) is 2.34. The lowest BCUT2D eigenvalue weighted by atomic mass is 9.82. The van der Waals surface area contributed by atoms with E-state index in [-0.39, 0.29) is 10.8 Å². The highest BCUT2D eigenvalue weighted by molar-refractivity contribution is 8.13. The number of carbonyl (C=O) groups excluding carboxylic acids is 1. The number of halogens is 1. The standard InChI is InChI=1S/C14H18ClNO3S/c1-10-8-12(9-10)16-14(17)7-4-11-2-5-13(6-3-11)20(15,18)19/h2-3,5-6,10,12H,4,7-9H2,1H3,(H,16,17). The van der Waals surface area contributed by atoms with Crippen LogP contribution < -0.4 is 5.32 Å². The molecule has 0 spiro atoms. The molecule has 20 heavy (non-hydrogen) atoms. The van der Waals surface area contributed by atoms with E-state index in [1.807, 2.05) is 0 Å². The van der Waals surface area contributed by atoms with Crippen molar-refractivity contribution < 1.29 is 13.2 Å². The van der Waals surface area contributed by atoms with Gasteiger partial charge in [-0.05, 0) is 42.9 Å². The summed E-state index contributed by atoms with van der Waals surface area (Å²) in [7, 11) is 1.56. The van der Waals surface area contributed by atoms with Crippen LogP contribution in [-0.2, 0) is 20.3 Å². The summed E-state index contributed by atoms with van der Waals surface area (Å²) < 4.78 is 22.2. The van der Waals surface area contributed by atoms with Gasteiger partial charge < -0.3 is 5.32 Å². The Hall–Kier alpha value is -1.07. The summed E-state index contributed by atoms with van der Waals surface area (Å²) in [5.74, 6) is 0.765. The Morgan fingerprint density at radius 1 is 1.30 bits per heavy atom. The van der Waals surface area contributed by atoms with Crippen molar-refractivity contribution >= 4 is 25.6 Å². The van der Waals surface area contributed by atoms with Gasteiger partial charge >= 0.3 is 0 Å². The van der Waals surface area contributed by atoms with Crippen LogP contribution in [0.3, 0.4) is 0 Å². The van der Waals surface area contributed by atoms with Crippen LogP contribution in [-0.4, -0.2) is 20.4 Å². The zero-order valence-electron chi connectivity index (χ0n) is 11.3. The quantitative estimate of drug-likeness (QED) is 0.849. The lowest BCUT2D eigenvalue weighted by Crippen LogP contribution is -2.43. The molecule has 0 bridgehead atoms. The van der Waals surface area contributed by atoms with Gasteiger partial charge in [0.25, 0.3) is 9.05 Å². The van der Waals surface area contributed by atoms with Crippen LogP contribution in [0.5, 0.6) is 0 Å². The van der Waals surface area contributed by atoms with Gasteiger partial charge in [-0.25, -0.2) is 8.42 Å². The topological polar surface area (TPSA) is 63.2 Å². The Morgan fingerprint density at radius 3 is 2.40 bits per heavy atom. The van der Waals surface area contributed by atoms with Crippen LogP contribution >= 0.6 is 10.7 Å². The van der Waals surface area contributed by atoms with Gasteiger partial charge in [-0.3, -0.25) is 4.79 Å². The predicted octanol–water partition coefficient (Wildman–Crippen LogP) is 2.46. The molecule has 2 rings (SSSR count). The Bertz CT molecular complexity index is 577. The van der Waals surface area contributed by atoms with Gasteiger partial charge in [0.2, 0.25) is 5.91 Å². The third kappa shape index (κ3) is 4.21. The lowest BCUT2D eigenvalue weighted by Gasteiger charge is -2.33. The van der Waals surface area contributed by atoms with Crippen molar-refractivity contribution in [3.63, 3.8) is 0 Å². The third-order valence-corrected chi connectivity index (χ3v) is 4.95. The summed E-state index contributed by atoms with van der Waals surface area (Å²) in [4.78, 5) is 11.8. The fourth-order valence-electron chi connectivity index (χ4n) is 2.40. The molecule has 0 atom stereocenters. The van der Waals surface area contributed by atoms with E-state index in [9.17, 15) is 13.2 Å². The second-order valence-electron chi connectivity index (χ2n) is 5.42. The van der Waals surface area contributed by atoms with Crippen LogP contribution in [0.1, 0.15) is 31.7 Å². The van der Waals surface area contributed by atoms with Crippen molar-refractivity contribution in [2.75, 3.05) is 0 Å². The van der Waals surface area contributed by atoms with E-state index < -0.39 is 9.05 Å². The third-order valence-electron chi connectivity index (χ3n) is 3.58. The van der Waals surface area contributed by atoms with Gasteiger partial charge in [0.1, 0.15) is 0 Å². The molecule has 110 valence electrons. The Morgan fingerprint density at radius 2 is 1.90 bits per heavy atom. The first kappa shape index (κ1) is 15.3. The Kier molecular flexibility index (Phi) is 4.70. The van der Waals surface area contributed by atoms with Crippen LogP contribution in [0.4, 0.5) is 0 Å². The number of nitrogens with one attached hydrogen (secondary N) is 1. The first-order valence-electron chi connectivity index (χ1n) is 6.67. The van der Waals surface area contributed by atoms with Crippen molar-refractivity contribution in [3.8, 4) is 0 Å². The lowest BCUT2D eigenvalue weighted by molar-refractivity contribution is -0.122. The molecule has 1 fully saturated rings. The number of hydrogen-bond donors (Lipinski definition) is 1. The molecule has 1 aliphatic rings.